The van der Waals surface area contributed by atoms with Crippen molar-refractivity contribution in [3.63, 3.8) is 0 Å². The molecule has 0 unspecified atom stereocenters. The van der Waals surface area contributed by atoms with Gasteiger partial charge in [0.1, 0.15) is 11.5 Å². The van der Waals surface area contributed by atoms with E-state index in [0.29, 0.717) is 22.8 Å². The Morgan fingerprint density at radius 3 is 2.45 bits per heavy atom. The smallest absolute Gasteiger partial charge is 0.349 e. The number of benzene rings is 2. The Kier molecular flexibility index (Phi) is 6.51. The van der Waals surface area contributed by atoms with Crippen LogP contribution in [0.2, 0.25) is 0 Å². The van der Waals surface area contributed by atoms with Gasteiger partial charge >= 0.3 is 11.9 Å². The highest BCUT2D eigenvalue weighted by atomic mass is 32.1. The van der Waals surface area contributed by atoms with Crippen molar-refractivity contribution in [2.45, 2.75) is 13.3 Å². The summed E-state index contributed by atoms with van der Waals surface area (Å²) >= 11 is 1.06. The first-order chi connectivity index (χ1) is 14.0. The standard InChI is InChI=1S/C22H20O6S/c1-14-19(28-13-18(23)24)21(22(25)26)29-20(14)16-8-5-9-17(12-16)27-11-10-15-6-3-2-4-7-15/h2-9,12H,10-11,13H2,1H3,(H,23,24)(H,25,26). The first-order valence-corrected chi connectivity index (χ1v) is 9.75. The van der Waals surface area contributed by atoms with Crippen LogP contribution in [-0.4, -0.2) is 35.4 Å². The van der Waals surface area contributed by atoms with Crippen LogP contribution >= 0.6 is 11.3 Å². The average Bonchev–Trinajstić information content (AvgIpc) is 3.04. The monoisotopic (exact) mass is 412 g/mol. The fraction of sp³-hybridized carbons (Fsp3) is 0.182. The van der Waals surface area contributed by atoms with Crippen molar-refractivity contribution in [3.8, 4) is 21.9 Å². The zero-order valence-electron chi connectivity index (χ0n) is 15.8. The summed E-state index contributed by atoms with van der Waals surface area (Å²) in [7, 11) is 0. The molecule has 29 heavy (non-hydrogen) atoms. The average molecular weight is 412 g/mol. The van der Waals surface area contributed by atoms with Crippen LogP contribution in [0.1, 0.15) is 20.8 Å². The van der Waals surface area contributed by atoms with Crippen molar-refractivity contribution in [3.05, 3.63) is 70.6 Å². The minimum absolute atomic E-state index is 0.0193. The van der Waals surface area contributed by atoms with E-state index in [1.165, 1.54) is 5.56 Å². The molecule has 0 spiro atoms. The van der Waals surface area contributed by atoms with E-state index in [9.17, 15) is 14.7 Å². The molecule has 0 atom stereocenters. The number of thiophene rings is 1. The van der Waals surface area contributed by atoms with Crippen LogP contribution in [0.3, 0.4) is 0 Å². The fourth-order valence-electron chi connectivity index (χ4n) is 2.88. The van der Waals surface area contributed by atoms with E-state index >= 15 is 0 Å². The fourth-order valence-corrected chi connectivity index (χ4v) is 3.97. The van der Waals surface area contributed by atoms with Gasteiger partial charge in [-0.1, -0.05) is 42.5 Å². The van der Waals surface area contributed by atoms with Gasteiger partial charge in [0.15, 0.2) is 11.5 Å². The van der Waals surface area contributed by atoms with Crippen molar-refractivity contribution in [2.24, 2.45) is 0 Å². The summed E-state index contributed by atoms with van der Waals surface area (Å²) in [6, 6.07) is 17.4. The maximum absolute atomic E-state index is 11.6. The number of rotatable bonds is 9. The summed E-state index contributed by atoms with van der Waals surface area (Å²) in [5.74, 6) is -1.55. The predicted molar refractivity (Wildman–Crippen MR) is 110 cm³/mol. The van der Waals surface area contributed by atoms with Crippen molar-refractivity contribution in [2.75, 3.05) is 13.2 Å². The molecule has 3 aromatic rings. The second kappa shape index (κ2) is 9.25. The molecule has 0 aliphatic rings. The zero-order valence-corrected chi connectivity index (χ0v) is 16.6. The van der Waals surface area contributed by atoms with Crippen LogP contribution in [-0.2, 0) is 11.2 Å². The van der Waals surface area contributed by atoms with Gasteiger partial charge in [0.05, 0.1) is 6.61 Å². The van der Waals surface area contributed by atoms with E-state index in [1.807, 2.05) is 54.6 Å². The number of aromatic carboxylic acids is 1. The van der Waals surface area contributed by atoms with Crippen LogP contribution in [0.15, 0.2) is 54.6 Å². The van der Waals surface area contributed by atoms with Crippen molar-refractivity contribution < 1.29 is 29.3 Å². The number of carboxylic acid groups (broad SMARTS) is 2. The Bertz CT molecular complexity index is 1010. The Morgan fingerprint density at radius 1 is 1.00 bits per heavy atom. The zero-order chi connectivity index (χ0) is 20.8. The number of hydrogen-bond acceptors (Lipinski definition) is 5. The molecule has 0 amide bonds. The highest BCUT2D eigenvalue weighted by molar-refractivity contribution is 7.18. The summed E-state index contributed by atoms with van der Waals surface area (Å²) in [4.78, 5) is 23.1. The molecule has 0 saturated heterocycles. The van der Waals surface area contributed by atoms with Gasteiger partial charge in [0.2, 0.25) is 0 Å². The second-order valence-electron chi connectivity index (χ2n) is 6.31. The van der Waals surface area contributed by atoms with Gasteiger partial charge in [-0.05, 0) is 30.2 Å². The van der Waals surface area contributed by atoms with Gasteiger partial charge in [0.25, 0.3) is 0 Å². The van der Waals surface area contributed by atoms with Gasteiger partial charge in [0, 0.05) is 16.9 Å². The molecule has 0 radical (unpaired) electrons. The largest absolute Gasteiger partial charge is 0.493 e. The molecule has 0 saturated carbocycles. The number of carbonyl (C=O) groups is 2. The Hall–Kier alpha value is -3.32. The van der Waals surface area contributed by atoms with Crippen LogP contribution < -0.4 is 9.47 Å². The molecule has 2 N–H and O–H groups in total. The first kappa shape index (κ1) is 20.4. The third kappa shape index (κ3) is 5.14. The second-order valence-corrected chi connectivity index (χ2v) is 7.33. The third-order valence-corrected chi connectivity index (χ3v) is 5.53. The number of aliphatic carboxylic acids is 1. The van der Waals surface area contributed by atoms with Crippen LogP contribution in [0.4, 0.5) is 0 Å². The van der Waals surface area contributed by atoms with Crippen molar-refractivity contribution in [1.82, 2.24) is 0 Å². The van der Waals surface area contributed by atoms with Gasteiger partial charge in [-0.15, -0.1) is 11.3 Å². The molecular weight excluding hydrogens is 392 g/mol. The Morgan fingerprint density at radius 2 is 1.76 bits per heavy atom. The van der Waals surface area contributed by atoms with Crippen LogP contribution in [0.25, 0.3) is 10.4 Å². The number of carboxylic acids is 2. The first-order valence-electron chi connectivity index (χ1n) is 8.94. The molecule has 6 nitrogen and oxygen atoms in total. The molecule has 150 valence electrons. The van der Waals surface area contributed by atoms with Crippen LogP contribution in [0, 0.1) is 6.92 Å². The number of ether oxygens (including phenoxy) is 2. The van der Waals surface area contributed by atoms with Gasteiger partial charge in [-0.25, -0.2) is 9.59 Å². The molecule has 1 aromatic heterocycles. The molecule has 1 heterocycles. The lowest BCUT2D eigenvalue weighted by Crippen LogP contribution is -2.11. The summed E-state index contributed by atoms with van der Waals surface area (Å²) in [6.45, 7) is 1.64. The highest BCUT2D eigenvalue weighted by Crippen LogP contribution is 2.42. The molecule has 0 fully saturated rings. The van der Waals surface area contributed by atoms with Crippen LogP contribution in [0.5, 0.6) is 11.5 Å². The van der Waals surface area contributed by atoms with Gasteiger partial charge in [-0.2, -0.15) is 0 Å². The highest BCUT2D eigenvalue weighted by Gasteiger charge is 2.23. The summed E-state index contributed by atoms with van der Waals surface area (Å²) < 4.78 is 11.1. The molecule has 3 rings (SSSR count). The Labute approximate surface area is 172 Å². The molecule has 2 aromatic carbocycles. The van der Waals surface area contributed by atoms with Crippen molar-refractivity contribution >= 4 is 23.3 Å². The van der Waals surface area contributed by atoms with Gasteiger partial charge < -0.3 is 19.7 Å². The van der Waals surface area contributed by atoms with E-state index in [0.717, 1.165) is 23.3 Å². The van der Waals surface area contributed by atoms with E-state index in [4.69, 9.17) is 14.6 Å². The lowest BCUT2D eigenvalue weighted by Gasteiger charge is -2.08. The molecular formula is C22H20O6S. The van der Waals surface area contributed by atoms with E-state index < -0.39 is 18.5 Å². The predicted octanol–water partition coefficient (Wildman–Crippen LogP) is 4.51. The minimum atomic E-state index is -1.16. The van der Waals surface area contributed by atoms with Gasteiger partial charge in [-0.3, -0.25) is 0 Å². The SMILES string of the molecule is Cc1c(-c2cccc(OCCc3ccccc3)c2)sc(C(=O)O)c1OCC(=O)O. The normalized spacial score (nSPS) is 10.5. The third-order valence-electron chi connectivity index (χ3n) is 4.22. The summed E-state index contributed by atoms with van der Waals surface area (Å²) in [5, 5.41) is 18.3. The molecule has 0 aliphatic heterocycles. The van der Waals surface area contributed by atoms with E-state index in [-0.39, 0.29) is 10.6 Å². The topological polar surface area (TPSA) is 93.1 Å². The molecule has 0 aliphatic carbocycles. The molecule has 0 bridgehead atoms. The Balaban J connectivity index is 1.79. The summed E-state index contributed by atoms with van der Waals surface area (Å²) in [5.41, 5.74) is 2.57. The maximum atomic E-state index is 11.6. The molecule has 7 heteroatoms. The summed E-state index contributed by atoms with van der Waals surface area (Å²) in [6.07, 6.45) is 0.777. The maximum Gasteiger partial charge on any atom is 0.349 e. The quantitative estimate of drug-likeness (QED) is 0.537. The minimum Gasteiger partial charge on any atom is -0.493 e. The van der Waals surface area contributed by atoms with Crippen molar-refractivity contribution in [1.29, 1.82) is 0 Å². The van der Waals surface area contributed by atoms with E-state index in [2.05, 4.69) is 0 Å². The van der Waals surface area contributed by atoms with E-state index in [1.54, 1.807) is 6.92 Å². The number of hydrogen-bond donors (Lipinski definition) is 2. The lowest BCUT2D eigenvalue weighted by atomic mass is 10.1. The lowest BCUT2D eigenvalue weighted by molar-refractivity contribution is -0.139.